The van der Waals surface area contributed by atoms with Gasteiger partial charge in [0, 0.05) is 18.3 Å². The minimum absolute atomic E-state index is 0. The number of para-hydroxylation sites is 1. The third-order valence-corrected chi connectivity index (χ3v) is 3.48. The smallest absolute Gasteiger partial charge is 0.387 e. The molecule has 1 aromatic heterocycles. The molecule has 0 saturated carbocycles. The lowest BCUT2D eigenvalue weighted by Gasteiger charge is -2.13. The van der Waals surface area contributed by atoms with Crippen molar-refractivity contribution in [3.8, 4) is 5.75 Å². The first-order valence-corrected chi connectivity index (χ1v) is 8.05. The predicted molar refractivity (Wildman–Crippen MR) is 109 cm³/mol. The molecule has 1 heterocycles. The van der Waals surface area contributed by atoms with Gasteiger partial charge in [-0.25, -0.2) is 4.99 Å². The molecule has 8 heteroatoms. The van der Waals surface area contributed by atoms with E-state index in [9.17, 15) is 8.78 Å². The molecule has 0 amide bonds. The van der Waals surface area contributed by atoms with Crippen molar-refractivity contribution < 1.29 is 13.5 Å². The quantitative estimate of drug-likeness (QED) is 0.362. The molecule has 2 rings (SSSR count). The number of pyridine rings is 1. The molecule has 0 radical (unpaired) electrons. The van der Waals surface area contributed by atoms with Crippen molar-refractivity contribution in [3.05, 3.63) is 59.4 Å². The largest absolute Gasteiger partial charge is 0.434 e. The summed E-state index contributed by atoms with van der Waals surface area (Å²) in [5.74, 6) is 0.720. The number of halogens is 3. The Morgan fingerprint density at radius 3 is 2.65 bits per heavy atom. The minimum Gasteiger partial charge on any atom is -0.434 e. The average Bonchev–Trinajstić information content (AvgIpc) is 2.59. The highest BCUT2D eigenvalue weighted by Gasteiger charge is 2.09. The number of alkyl halides is 2. The molecule has 26 heavy (non-hydrogen) atoms. The molecule has 2 aromatic rings. The van der Waals surface area contributed by atoms with Crippen molar-refractivity contribution >= 4 is 29.9 Å². The molecule has 5 nitrogen and oxygen atoms in total. The molecule has 0 fully saturated rings. The van der Waals surface area contributed by atoms with Crippen LogP contribution in [0, 0.1) is 6.92 Å². The molecule has 2 N–H and O–H groups in total. The molecular formula is C18H23F2IN4O. The normalized spacial score (nSPS) is 11.0. The Morgan fingerprint density at radius 2 is 1.96 bits per heavy atom. The number of aryl methyl sites for hydroxylation is 1. The zero-order valence-electron chi connectivity index (χ0n) is 14.7. The van der Waals surface area contributed by atoms with Crippen molar-refractivity contribution in [1.82, 2.24) is 15.6 Å². The Kier molecular flexibility index (Phi) is 9.85. The van der Waals surface area contributed by atoms with E-state index < -0.39 is 6.61 Å². The zero-order chi connectivity index (χ0) is 18.1. The average molecular weight is 476 g/mol. The van der Waals surface area contributed by atoms with Crippen LogP contribution in [0.2, 0.25) is 0 Å². The minimum atomic E-state index is -2.86. The van der Waals surface area contributed by atoms with Gasteiger partial charge in [0.1, 0.15) is 5.75 Å². The summed E-state index contributed by atoms with van der Waals surface area (Å²) < 4.78 is 29.5. The molecule has 0 spiro atoms. The number of hydrogen-bond donors (Lipinski definition) is 2. The van der Waals surface area contributed by atoms with Crippen LogP contribution in [-0.2, 0) is 13.1 Å². The fraction of sp³-hybridized carbons (Fsp3) is 0.333. The first-order chi connectivity index (χ1) is 12.1. The number of guanidine groups is 1. The van der Waals surface area contributed by atoms with E-state index in [-0.39, 0.29) is 36.3 Å². The summed E-state index contributed by atoms with van der Waals surface area (Å²) in [6.07, 6.45) is 1.74. The van der Waals surface area contributed by atoms with E-state index in [0.29, 0.717) is 24.6 Å². The van der Waals surface area contributed by atoms with Crippen molar-refractivity contribution in [2.24, 2.45) is 4.99 Å². The Hall–Kier alpha value is -1.97. The number of ether oxygens (including phenoxy) is 1. The summed E-state index contributed by atoms with van der Waals surface area (Å²) in [5, 5.41) is 6.32. The lowest BCUT2D eigenvalue weighted by atomic mass is 10.2. The molecule has 0 aliphatic heterocycles. The molecule has 0 aliphatic carbocycles. The molecule has 0 saturated heterocycles. The van der Waals surface area contributed by atoms with Crippen LogP contribution in [-0.4, -0.2) is 24.1 Å². The Bertz CT molecular complexity index is 713. The number of rotatable bonds is 7. The highest BCUT2D eigenvalue weighted by Crippen LogP contribution is 2.20. The number of nitrogens with one attached hydrogen (secondary N) is 2. The lowest BCUT2D eigenvalue weighted by Crippen LogP contribution is -2.37. The molecule has 0 bridgehead atoms. The fourth-order valence-corrected chi connectivity index (χ4v) is 2.22. The maximum atomic E-state index is 12.5. The Labute approximate surface area is 169 Å². The van der Waals surface area contributed by atoms with Gasteiger partial charge in [0.25, 0.3) is 0 Å². The number of aliphatic imine (C=N–C) groups is 1. The highest BCUT2D eigenvalue weighted by molar-refractivity contribution is 14.0. The van der Waals surface area contributed by atoms with Crippen LogP contribution >= 0.6 is 24.0 Å². The maximum Gasteiger partial charge on any atom is 0.387 e. The van der Waals surface area contributed by atoms with E-state index >= 15 is 0 Å². The molecule has 0 atom stereocenters. The molecule has 142 valence electrons. The van der Waals surface area contributed by atoms with Crippen molar-refractivity contribution in [3.63, 3.8) is 0 Å². The molecule has 0 unspecified atom stereocenters. The molecule has 1 aromatic carbocycles. The van der Waals surface area contributed by atoms with Crippen molar-refractivity contribution in [2.75, 3.05) is 6.54 Å². The van der Waals surface area contributed by atoms with Crippen molar-refractivity contribution in [2.45, 2.75) is 33.5 Å². The Balaban J connectivity index is 0.00000338. The first kappa shape index (κ1) is 22.1. The second-order valence-corrected chi connectivity index (χ2v) is 5.30. The summed E-state index contributed by atoms with van der Waals surface area (Å²) in [6, 6.07) is 10.5. The van der Waals surface area contributed by atoms with Gasteiger partial charge in [-0.2, -0.15) is 8.78 Å². The third kappa shape index (κ3) is 7.11. The van der Waals surface area contributed by atoms with E-state index in [2.05, 4.69) is 25.3 Å². The van der Waals surface area contributed by atoms with Gasteiger partial charge in [-0.1, -0.05) is 24.3 Å². The van der Waals surface area contributed by atoms with E-state index in [1.54, 1.807) is 24.4 Å². The summed E-state index contributed by atoms with van der Waals surface area (Å²) in [5.41, 5.74) is 2.60. The predicted octanol–water partition coefficient (Wildman–Crippen LogP) is 3.86. The van der Waals surface area contributed by atoms with E-state index in [1.807, 2.05) is 26.0 Å². The lowest BCUT2D eigenvalue weighted by molar-refractivity contribution is -0.0504. The number of aromatic nitrogens is 1. The van der Waals surface area contributed by atoms with Crippen LogP contribution in [0.25, 0.3) is 0 Å². The topological polar surface area (TPSA) is 58.5 Å². The van der Waals surface area contributed by atoms with Crippen LogP contribution in [0.5, 0.6) is 5.75 Å². The van der Waals surface area contributed by atoms with Gasteiger partial charge in [0.05, 0.1) is 18.8 Å². The van der Waals surface area contributed by atoms with E-state index in [0.717, 1.165) is 11.3 Å². The highest BCUT2D eigenvalue weighted by atomic mass is 127. The summed E-state index contributed by atoms with van der Waals surface area (Å²) in [7, 11) is 0. The van der Waals surface area contributed by atoms with Gasteiger partial charge in [-0.3, -0.25) is 4.98 Å². The van der Waals surface area contributed by atoms with Crippen LogP contribution in [0.3, 0.4) is 0 Å². The zero-order valence-corrected chi connectivity index (χ0v) is 17.0. The van der Waals surface area contributed by atoms with Gasteiger partial charge >= 0.3 is 6.61 Å². The van der Waals surface area contributed by atoms with Crippen LogP contribution in [0.4, 0.5) is 8.78 Å². The van der Waals surface area contributed by atoms with Crippen LogP contribution in [0.1, 0.15) is 23.7 Å². The fourth-order valence-electron chi connectivity index (χ4n) is 2.22. The number of nitrogens with zero attached hydrogens (tertiary/aromatic N) is 2. The second-order valence-electron chi connectivity index (χ2n) is 5.30. The monoisotopic (exact) mass is 476 g/mol. The molecule has 0 aliphatic rings. The number of hydrogen-bond acceptors (Lipinski definition) is 3. The summed E-state index contributed by atoms with van der Waals surface area (Å²) >= 11 is 0. The van der Waals surface area contributed by atoms with Gasteiger partial charge < -0.3 is 15.4 Å². The SMILES string of the molecule is CCNC(=NCc1ccccc1OC(F)F)NCc1ncccc1C.I. The van der Waals surface area contributed by atoms with E-state index in [1.165, 1.54) is 6.07 Å². The van der Waals surface area contributed by atoms with Gasteiger partial charge in [0.15, 0.2) is 5.96 Å². The summed E-state index contributed by atoms with van der Waals surface area (Å²) in [4.78, 5) is 8.76. The standard InChI is InChI=1S/C18H22F2N4O.HI/c1-3-21-18(24-12-15-13(2)7-6-10-22-15)23-11-14-8-4-5-9-16(14)25-17(19)20;/h4-10,17H,3,11-12H2,1-2H3,(H2,21,23,24);1H. The first-order valence-electron chi connectivity index (χ1n) is 8.05. The van der Waals surface area contributed by atoms with Gasteiger partial charge in [-0.05, 0) is 31.5 Å². The second kappa shape index (κ2) is 11.6. The Morgan fingerprint density at radius 1 is 1.19 bits per heavy atom. The maximum absolute atomic E-state index is 12.5. The van der Waals surface area contributed by atoms with Gasteiger partial charge in [0.2, 0.25) is 0 Å². The number of benzene rings is 1. The third-order valence-electron chi connectivity index (χ3n) is 3.48. The molecular weight excluding hydrogens is 453 g/mol. The summed E-state index contributed by atoms with van der Waals surface area (Å²) in [6.45, 7) is 2.52. The van der Waals surface area contributed by atoms with Gasteiger partial charge in [-0.15, -0.1) is 24.0 Å². The van der Waals surface area contributed by atoms with Crippen LogP contribution in [0.15, 0.2) is 47.6 Å². The van der Waals surface area contributed by atoms with Crippen LogP contribution < -0.4 is 15.4 Å². The van der Waals surface area contributed by atoms with Crippen molar-refractivity contribution in [1.29, 1.82) is 0 Å². The van der Waals surface area contributed by atoms with E-state index in [4.69, 9.17) is 0 Å².